The zero-order valence-electron chi connectivity index (χ0n) is 18.4. The van der Waals surface area contributed by atoms with Crippen LogP contribution in [0, 0.1) is 5.92 Å². The summed E-state index contributed by atoms with van der Waals surface area (Å²) in [4.78, 5) is 13.1. The molecular formula is C25H34O3Si. The highest BCUT2D eigenvalue weighted by Crippen LogP contribution is 2.37. The summed E-state index contributed by atoms with van der Waals surface area (Å²) in [5, 5.41) is 12.4. The summed E-state index contributed by atoms with van der Waals surface area (Å²) in [6.45, 7) is 12.0. The van der Waals surface area contributed by atoms with Gasteiger partial charge in [0.05, 0.1) is 6.10 Å². The summed E-state index contributed by atoms with van der Waals surface area (Å²) < 4.78 is 6.84. The van der Waals surface area contributed by atoms with Gasteiger partial charge in [-0.1, -0.05) is 101 Å². The van der Waals surface area contributed by atoms with E-state index in [1.165, 1.54) is 0 Å². The summed E-state index contributed by atoms with van der Waals surface area (Å²) in [5.74, 6) is -0.608. The van der Waals surface area contributed by atoms with Gasteiger partial charge in [0.1, 0.15) is 6.10 Å². The van der Waals surface area contributed by atoms with E-state index in [4.69, 9.17) is 4.43 Å². The molecule has 0 heterocycles. The van der Waals surface area contributed by atoms with Gasteiger partial charge in [0, 0.05) is 5.92 Å². The number of carbonyl (C=O) groups excluding carboxylic acids is 1. The number of hydrogen-bond donors (Lipinski definition) is 1. The van der Waals surface area contributed by atoms with E-state index in [-0.39, 0.29) is 10.8 Å². The average Bonchev–Trinajstić information content (AvgIpc) is 2.71. The van der Waals surface area contributed by atoms with Crippen molar-refractivity contribution in [3.05, 3.63) is 72.8 Å². The third kappa shape index (κ3) is 4.95. The molecule has 0 aliphatic rings. The predicted molar refractivity (Wildman–Crippen MR) is 123 cm³/mol. The van der Waals surface area contributed by atoms with Crippen molar-refractivity contribution in [3.8, 4) is 0 Å². The first-order chi connectivity index (χ1) is 13.6. The van der Waals surface area contributed by atoms with E-state index < -0.39 is 26.4 Å². The number of aliphatic hydroxyl groups is 1. The Labute approximate surface area is 176 Å². The number of Topliss-reactive ketones (excluding diaryl/α,β-unsaturated/α-hetero) is 1. The van der Waals surface area contributed by atoms with Crippen LogP contribution in [0.4, 0.5) is 0 Å². The van der Waals surface area contributed by atoms with Gasteiger partial charge in [0.25, 0.3) is 8.32 Å². The molecule has 2 aromatic rings. The van der Waals surface area contributed by atoms with Gasteiger partial charge in [-0.2, -0.15) is 0 Å². The van der Waals surface area contributed by atoms with Crippen molar-refractivity contribution in [1.82, 2.24) is 0 Å². The maximum Gasteiger partial charge on any atom is 0.262 e. The molecule has 0 aliphatic heterocycles. The van der Waals surface area contributed by atoms with Crippen LogP contribution in [-0.4, -0.2) is 31.4 Å². The van der Waals surface area contributed by atoms with Crippen molar-refractivity contribution in [1.29, 1.82) is 0 Å². The Bertz CT molecular complexity index is 769. The Morgan fingerprint density at radius 1 is 0.966 bits per heavy atom. The molecule has 2 rings (SSSR count). The van der Waals surface area contributed by atoms with Crippen molar-refractivity contribution >= 4 is 24.5 Å². The molecule has 0 amide bonds. The lowest BCUT2D eigenvalue weighted by Crippen LogP contribution is -2.68. The second-order valence-corrected chi connectivity index (χ2v) is 12.9. The molecule has 0 spiro atoms. The Morgan fingerprint density at radius 3 is 1.79 bits per heavy atom. The van der Waals surface area contributed by atoms with E-state index in [1.807, 2.05) is 50.2 Å². The fourth-order valence-corrected chi connectivity index (χ4v) is 8.58. The Morgan fingerprint density at radius 2 is 1.41 bits per heavy atom. The summed E-state index contributed by atoms with van der Waals surface area (Å²) >= 11 is 0. The summed E-state index contributed by atoms with van der Waals surface area (Å²) in [6, 6.07) is 20.6. The molecule has 0 aliphatic carbocycles. The normalized spacial score (nSPS) is 15.8. The molecule has 0 radical (unpaired) electrons. The summed E-state index contributed by atoms with van der Waals surface area (Å²) in [5.41, 5.74) is 0. The topological polar surface area (TPSA) is 46.5 Å². The van der Waals surface area contributed by atoms with Crippen LogP contribution in [0.3, 0.4) is 0 Å². The maximum atomic E-state index is 13.1. The van der Waals surface area contributed by atoms with Crippen LogP contribution in [0.2, 0.25) is 5.04 Å². The van der Waals surface area contributed by atoms with Crippen molar-refractivity contribution in [3.63, 3.8) is 0 Å². The molecule has 0 unspecified atom stereocenters. The quantitative estimate of drug-likeness (QED) is 0.527. The van der Waals surface area contributed by atoms with Crippen LogP contribution in [0.5, 0.6) is 0 Å². The van der Waals surface area contributed by atoms with E-state index in [2.05, 4.69) is 45.0 Å². The number of aliphatic hydroxyl groups excluding tert-OH is 1. The molecule has 29 heavy (non-hydrogen) atoms. The van der Waals surface area contributed by atoms with Crippen LogP contribution in [0.25, 0.3) is 0 Å². The maximum absolute atomic E-state index is 13.1. The van der Waals surface area contributed by atoms with Gasteiger partial charge in [0.2, 0.25) is 0 Å². The molecule has 4 heteroatoms. The highest BCUT2D eigenvalue weighted by atomic mass is 28.4. The molecule has 0 saturated heterocycles. The van der Waals surface area contributed by atoms with E-state index in [1.54, 1.807) is 19.1 Å². The van der Waals surface area contributed by atoms with Crippen LogP contribution in [0.1, 0.15) is 41.5 Å². The molecule has 0 saturated carbocycles. The fraction of sp³-hybridized carbons (Fsp3) is 0.400. The number of carbonyl (C=O) groups is 1. The van der Waals surface area contributed by atoms with E-state index in [9.17, 15) is 9.90 Å². The van der Waals surface area contributed by atoms with Gasteiger partial charge in [-0.25, -0.2) is 0 Å². The van der Waals surface area contributed by atoms with Crippen LogP contribution < -0.4 is 10.4 Å². The number of benzene rings is 2. The minimum atomic E-state index is -2.79. The Kier molecular flexibility index (Phi) is 7.75. The molecule has 156 valence electrons. The van der Waals surface area contributed by atoms with Gasteiger partial charge in [0.15, 0.2) is 5.78 Å². The van der Waals surface area contributed by atoms with Gasteiger partial charge in [-0.3, -0.25) is 4.79 Å². The molecule has 0 bridgehead atoms. The first-order valence-corrected chi connectivity index (χ1v) is 12.2. The van der Waals surface area contributed by atoms with Crippen LogP contribution >= 0.6 is 0 Å². The van der Waals surface area contributed by atoms with Crippen molar-refractivity contribution in [2.75, 3.05) is 0 Å². The van der Waals surface area contributed by atoms with Crippen LogP contribution in [0.15, 0.2) is 72.8 Å². The second kappa shape index (κ2) is 9.66. The largest absolute Gasteiger partial charge is 0.398 e. The molecule has 3 nitrogen and oxygen atoms in total. The molecule has 2 aromatic carbocycles. The summed E-state index contributed by atoms with van der Waals surface area (Å²) in [7, 11) is -2.79. The zero-order valence-corrected chi connectivity index (χ0v) is 19.4. The zero-order chi connectivity index (χ0) is 21.7. The van der Waals surface area contributed by atoms with Gasteiger partial charge in [-0.05, 0) is 29.3 Å². The van der Waals surface area contributed by atoms with E-state index >= 15 is 0 Å². The third-order valence-electron chi connectivity index (χ3n) is 5.52. The van der Waals surface area contributed by atoms with Crippen LogP contribution in [-0.2, 0) is 9.22 Å². The van der Waals surface area contributed by atoms with Gasteiger partial charge in [-0.15, -0.1) is 0 Å². The Hall–Kier alpha value is -2.01. The van der Waals surface area contributed by atoms with E-state index in [0.717, 1.165) is 10.4 Å². The minimum absolute atomic E-state index is 0.0800. The molecule has 1 N–H and O–H groups in total. The van der Waals surface area contributed by atoms with Crippen molar-refractivity contribution in [2.24, 2.45) is 5.92 Å². The lowest BCUT2D eigenvalue weighted by atomic mass is 9.96. The molecule has 3 atom stereocenters. The number of hydrogen-bond acceptors (Lipinski definition) is 3. The highest BCUT2D eigenvalue weighted by Gasteiger charge is 2.51. The lowest BCUT2D eigenvalue weighted by Gasteiger charge is -2.44. The third-order valence-corrected chi connectivity index (χ3v) is 10.6. The van der Waals surface area contributed by atoms with Crippen molar-refractivity contribution < 1.29 is 14.3 Å². The summed E-state index contributed by atoms with van der Waals surface area (Å²) in [6.07, 6.45) is 1.98. The molecule has 0 aromatic heterocycles. The molecular weight excluding hydrogens is 376 g/mol. The standard InChI is InChI=1S/C25H34O3Si/c1-7-14-23(26)19(2)24(27)20(3)28-29(25(4,5)6,21-15-10-8-11-16-21)22-17-12-9-13-18-22/h7-20,23,26H,1-6H3/b14-7+/t19-,20-,23-/m0/s1. The number of rotatable bonds is 8. The first-order valence-electron chi connectivity index (χ1n) is 10.3. The lowest BCUT2D eigenvalue weighted by molar-refractivity contribution is -0.131. The predicted octanol–water partition coefficient (Wildman–Crippen LogP) is 4.09. The van der Waals surface area contributed by atoms with Gasteiger partial charge >= 0.3 is 0 Å². The Balaban J connectivity index is 2.55. The second-order valence-electron chi connectivity index (χ2n) is 8.63. The highest BCUT2D eigenvalue weighted by molar-refractivity contribution is 6.99. The number of allylic oxidation sites excluding steroid dienone is 1. The first kappa shape index (κ1) is 23.3. The van der Waals surface area contributed by atoms with E-state index in [0.29, 0.717) is 0 Å². The van der Waals surface area contributed by atoms with Crippen molar-refractivity contribution in [2.45, 2.75) is 58.8 Å². The minimum Gasteiger partial charge on any atom is -0.398 e. The monoisotopic (exact) mass is 410 g/mol. The smallest absolute Gasteiger partial charge is 0.262 e. The molecule has 0 fully saturated rings. The average molecular weight is 411 g/mol. The number of ketones is 1. The fourth-order valence-electron chi connectivity index (χ4n) is 3.92. The SMILES string of the molecule is C/C=C/[C@H](O)[C@H](C)C(=O)[C@H](C)O[Si](c1ccccc1)(c1ccccc1)C(C)(C)C. The van der Waals surface area contributed by atoms with Gasteiger partial charge < -0.3 is 9.53 Å².